The van der Waals surface area contributed by atoms with Gasteiger partial charge in [-0.2, -0.15) is 0 Å². The van der Waals surface area contributed by atoms with Crippen LogP contribution in [0, 0.1) is 11.7 Å². The van der Waals surface area contributed by atoms with E-state index in [2.05, 4.69) is 10.3 Å². The van der Waals surface area contributed by atoms with Gasteiger partial charge in [0.2, 0.25) is 5.91 Å². The molecule has 6 nitrogen and oxygen atoms in total. The Balaban J connectivity index is 1.60. The fourth-order valence-corrected chi connectivity index (χ4v) is 3.20. The number of amides is 1. The molecule has 0 aliphatic rings. The van der Waals surface area contributed by atoms with E-state index in [4.69, 9.17) is 9.47 Å². The first-order valence-electron chi connectivity index (χ1n) is 9.79. The van der Waals surface area contributed by atoms with Crippen LogP contribution in [0.3, 0.4) is 0 Å². The summed E-state index contributed by atoms with van der Waals surface area (Å²) in [6.45, 7) is 2.17. The predicted molar refractivity (Wildman–Crippen MR) is 112 cm³/mol. The van der Waals surface area contributed by atoms with Crippen LogP contribution in [-0.4, -0.2) is 36.6 Å². The normalized spacial score (nSPS) is 12.9. The van der Waals surface area contributed by atoms with Gasteiger partial charge in [0.1, 0.15) is 17.6 Å². The van der Waals surface area contributed by atoms with Crippen molar-refractivity contribution in [3.63, 3.8) is 0 Å². The number of fused-ring (bicyclic) bond motifs is 1. The van der Waals surface area contributed by atoms with E-state index in [0.29, 0.717) is 18.5 Å². The molecule has 0 aliphatic heterocycles. The van der Waals surface area contributed by atoms with Gasteiger partial charge in [-0.15, -0.1) is 0 Å². The number of H-pyrrole nitrogens is 1. The molecule has 0 saturated carbocycles. The van der Waals surface area contributed by atoms with Gasteiger partial charge in [0.15, 0.2) is 0 Å². The minimum Gasteiger partial charge on any atom is -0.494 e. The van der Waals surface area contributed by atoms with E-state index in [1.54, 1.807) is 19.2 Å². The summed E-state index contributed by atoms with van der Waals surface area (Å²) < 4.78 is 23.9. The molecule has 0 saturated heterocycles. The number of halogens is 1. The number of benzene rings is 2. The number of hydrogen-bond donors (Lipinski definition) is 2. The maximum absolute atomic E-state index is 13.4. The molecular formula is C23H25FN2O4. The van der Waals surface area contributed by atoms with Crippen LogP contribution in [0.1, 0.15) is 18.9 Å². The van der Waals surface area contributed by atoms with Crippen LogP contribution in [0.15, 0.2) is 54.7 Å². The number of para-hydroxylation sites is 1. The fraction of sp³-hybridized carbons (Fsp3) is 0.304. The molecule has 2 N–H and O–H groups in total. The summed E-state index contributed by atoms with van der Waals surface area (Å²) in [5.41, 5.74) is 1.42. The van der Waals surface area contributed by atoms with E-state index < -0.39 is 12.0 Å². The number of nitrogens with one attached hydrogen (secondary N) is 2. The first-order chi connectivity index (χ1) is 14.5. The van der Waals surface area contributed by atoms with E-state index in [0.717, 1.165) is 16.7 Å². The van der Waals surface area contributed by atoms with Crippen LogP contribution in [0.4, 0.5) is 4.39 Å². The van der Waals surface area contributed by atoms with Gasteiger partial charge in [-0.1, -0.05) is 25.1 Å². The van der Waals surface area contributed by atoms with E-state index in [9.17, 15) is 14.0 Å². The van der Waals surface area contributed by atoms with Crippen molar-refractivity contribution < 1.29 is 23.5 Å². The molecule has 3 rings (SSSR count). The molecule has 3 aromatic rings. The van der Waals surface area contributed by atoms with E-state index in [1.165, 1.54) is 19.2 Å². The highest BCUT2D eigenvalue weighted by molar-refractivity contribution is 5.88. The van der Waals surface area contributed by atoms with Crippen LogP contribution in [0.5, 0.6) is 5.75 Å². The highest BCUT2D eigenvalue weighted by Crippen LogP contribution is 2.21. The van der Waals surface area contributed by atoms with Crippen molar-refractivity contribution in [2.75, 3.05) is 13.7 Å². The molecular weight excluding hydrogens is 387 g/mol. The van der Waals surface area contributed by atoms with Gasteiger partial charge in [0, 0.05) is 29.4 Å². The molecule has 0 spiro atoms. The average molecular weight is 412 g/mol. The largest absolute Gasteiger partial charge is 0.494 e. The minimum atomic E-state index is -0.843. The Labute approximate surface area is 174 Å². The Hall–Kier alpha value is -3.35. The fourth-order valence-electron chi connectivity index (χ4n) is 3.20. The van der Waals surface area contributed by atoms with Gasteiger partial charge >= 0.3 is 5.97 Å². The third kappa shape index (κ3) is 5.37. The lowest BCUT2D eigenvalue weighted by Crippen LogP contribution is -2.45. The van der Waals surface area contributed by atoms with E-state index in [-0.39, 0.29) is 24.1 Å². The highest BCUT2D eigenvalue weighted by atomic mass is 19.1. The van der Waals surface area contributed by atoms with E-state index in [1.807, 2.05) is 30.3 Å². The number of carbonyl (C=O) groups excluding carboxylic acids is 2. The molecule has 2 unspecified atom stereocenters. The Kier molecular flexibility index (Phi) is 7.06. The maximum atomic E-state index is 13.4. The lowest BCUT2D eigenvalue weighted by atomic mass is 10.0. The molecule has 0 bridgehead atoms. The van der Waals surface area contributed by atoms with Gasteiger partial charge in [-0.05, 0) is 42.3 Å². The molecule has 30 heavy (non-hydrogen) atoms. The van der Waals surface area contributed by atoms with Gasteiger partial charge in [-0.25, -0.2) is 9.18 Å². The second kappa shape index (κ2) is 9.91. The zero-order valence-electron chi connectivity index (χ0n) is 17.0. The Morgan fingerprint density at radius 2 is 1.93 bits per heavy atom. The second-order valence-corrected chi connectivity index (χ2v) is 7.14. The lowest BCUT2D eigenvalue weighted by Gasteiger charge is -2.19. The molecule has 1 aromatic heterocycles. The molecule has 158 valence electrons. The summed E-state index contributed by atoms with van der Waals surface area (Å²) in [5, 5.41) is 3.57. The summed E-state index contributed by atoms with van der Waals surface area (Å²) in [7, 11) is 1.28. The zero-order valence-corrected chi connectivity index (χ0v) is 17.0. The smallest absolute Gasteiger partial charge is 0.328 e. The topological polar surface area (TPSA) is 80.4 Å². The number of methoxy groups -OCH3 is 1. The summed E-state index contributed by atoms with van der Waals surface area (Å²) in [6.07, 6.45) is 2.45. The third-order valence-electron chi connectivity index (χ3n) is 4.97. The van der Waals surface area contributed by atoms with Crippen LogP contribution >= 0.6 is 0 Å². The number of aromatic nitrogens is 1. The van der Waals surface area contributed by atoms with E-state index >= 15 is 0 Å². The van der Waals surface area contributed by atoms with Crippen molar-refractivity contribution in [3.05, 3.63) is 66.1 Å². The summed E-state index contributed by atoms with van der Waals surface area (Å²) in [6, 6.07) is 12.9. The van der Waals surface area contributed by atoms with Gasteiger partial charge in [0.25, 0.3) is 0 Å². The Bertz CT molecular complexity index is 1000. The van der Waals surface area contributed by atoms with Crippen molar-refractivity contribution >= 4 is 22.8 Å². The SMILES string of the molecule is COC(=O)C(Cc1c[nH]c2cc(F)ccc12)NC(=O)C(C)CCOc1ccccc1. The number of rotatable bonds is 9. The lowest BCUT2D eigenvalue weighted by molar-refractivity contribution is -0.145. The molecule has 1 heterocycles. The highest BCUT2D eigenvalue weighted by Gasteiger charge is 2.25. The van der Waals surface area contributed by atoms with Crippen LogP contribution in [0.25, 0.3) is 10.9 Å². The van der Waals surface area contributed by atoms with Crippen molar-refractivity contribution in [1.29, 1.82) is 0 Å². The predicted octanol–water partition coefficient (Wildman–Crippen LogP) is 3.61. The van der Waals surface area contributed by atoms with Crippen LogP contribution in [-0.2, 0) is 20.7 Å². The molecule has 2 aromatic carbocycles. The summed E-state index contributed by atoms with van der Waals surface area (Å²) in [4.78, 5) is 27.9. The zero-order chi connectivity index (χ0) is 21.5. The van der Waals surface area contributed by atoms with Crippen molar-refractivity contribution in [3.8, 4) is 5.75 Å². The average Bonchev–Trinajstić information content (AvgIpc) is 3.14. The molecule has 0 fully saturated rings. The molecule has 2 atom stereocenters. The first kappa shape index (κ1) is 21.4. The molecule has 0 radical (unpaired) electrons. The molecule has 1 amide bonds. The maximum Gasteiger partial charge on any atom is 0.328 e. The van der Waals surface area contributed by atoms with Crippen LogP contribution in [0.2, 0.25) is 0 Å². The molecule has 0 aliphatic carbocycles. The number of esters is 1. The number of carbonyl (C=O) groups is 2. The minimum absolute atomic E-state index is 0.233. The summed E-state index contributed by atoms with van der Waals surface area (Å²) in [5.74, 6) is -0.744. The van der Waals surface area contributed by atoms with Crippen molar-refractivity contribution in [1.82, 2.24) is 10.3 Å². The quantitative estimate of drug-likeness (QED) is 0.526. The monoisotopic (exact) mass is 412 g/mol. The third-order valence-corrected chi connectivity index (χ3v) is 4.97. The Morgan fingerprint density at radius 1 is 1.17 bits per heavy atom. The number of aromatic amines is 1. The molecule has 7 heteroatoms. The number of hydrogen-bond acceptors (Lipinski definition) is 4. The standard InChI is InChI=1S/C23H25FN2O4/c1-15(10-11-30-18-6-4-3-5-7-18)22(27)26-21(23(28)29-2)12-16-14-25-20-13-17(24)8-9-19(16)20/h3-9,13-15,21,25H,10-12H2,1-2H3,(H,26,27). The van der Waals surface area contributed by atoms with Gasteiger partial charge in [-0.3, -0.25) is 4.79 Å². The first-order valence-corrected chi connectivity index (χ1v) is 9.79. The Morgan fingerprint density at radius 3 is 2.67 bits per heavy atom. The van der Waals surface area contributed by atoms with Crippen LogP contribution < -0.4 is 10.1 Å². The second-order valence-electron chi connectivity index (χ2n) is 7.14. The summed E-state index contributed by atoms with van der Waals surface area (Å²) >= 11 is 0. The van der Waals surface area contributed by atoms with Gasteiger partial charge < -0.3 is 19.8 Å². The number of ether oxygens (including phenoxy) is 2. The van der Waals surface area contributed by atoms with Gasteiger partial charge in [0.05, 0.1) is 13.7 Å². The van der Waals surface area contributed by atoms with Crippen molar-refractivity contribution in [2.45, 2.75) is 25.8 Å². The van der Waals surface area contributed by atoms with Crippen molar-refractivity contribution in [2.24, 2.45) is 5.92 Å².